The Balaban J connectivity index is 1.39. The van der Waals surface area contributed by atoms with Crippen LogP contribution >= 0.6 is 0 Å². The lowest BCUT2D eigenvalue weighted by Crippen LogP contribution is -2.32. The first kappa shape index (κ1) is 12.3. The van der Waals surface area contributed by atoms with Gasteiger partial charge in [-0.1, -0.05) is 0 Å². The predicted octanol–water partition coefficient (Wildman–Crippen LogP) is 1.52. The number of ether oxygens (including phenoxy) is 1. The monoisotopic (exact) mass is 226 g/mol. The van der Waals surface area contributed by atoms with E-state index in [1.165, 1.54) is 38.5 Å². The quantitative estimate of drug-likeness (QED) is 0.647. The molecule has 3 N–H and O–H groups in total. The zero-order chi connectivity index (χ0) is 11.2. The molecule has 2 rings (SSSR count). The normalized spacial score (nSPS) is 30.6. The molecule has 2 saturated carbocycles. The van der Waals surface area contributed by atoms with E-state index in [0.717, 1.165) is 38.1 Å². The van der Waals surface area contributed by atoms with E-state index < -0.39 is 0 Å². The first-order chi connectivity index (χ1) is 7.84. The second-order valence-corrected chi connectivity index (χ2v) is 5.50. The van der Waals surface area contributed by atoms with Crippen LogP contribution in [0.4, 0.5) is 0 Å². The fourth-order valence-electron chi connectivity index (χ4n) is 2.38. The Bertz CT molecular complexity index is 186. The van der Waals surface area contributed by atoms with Crippen molar-refractivity contribution >= 4 is 0 Å². The van der Waals surface area contributed by atoms with Gasteiger partial charge in [0, 0.05) is 19.2 Å². The Kier molecular flexibility index (Phi) is 5.07. The molecule has 16 heavy (non-hydrogen) atoms. The maximum Gasteiger partial charge on any atom is 0.0591 e. The summed E-state index contributed by atoms with van der Waals surface area (Å²) >= 11 is 0. The summed E-state index contributed by atoms with van der Waals surface area (Å²) in [5.74, 6) is 1.74. The zero-order valence-electron chi connectivity index (χ0n) is 10.3. The topological polar surface area (TPSA) is 47.3 Å². The molecule has 2 fully saturated rings. The largest absolute Gasteiger partial charge is 0.380 e. The van der Waals surface area contributed by atoms with Crippen molar-refractivity contribution in [2.24, 2.45) is 17.6 Å². The van der Waals surface area contributed by atoms with Crippen LogP contribution in [0.5, 0.6) is 0 Å². The smallest absolute Gasteiger partial charge is 0.0591 e. The summed E-state index contributed by atoms with van der Waals surface area (Å²) in [5, 5.41) is 3.50. The molecule has 0 bridgehead atoms. The summed E-state index contributed by atoms with van der Waals surface area (Å²) in [7, 11) is 0. The molecular formula is C13H26N2O. The lowest BCUT2D eigenvalue weighted by atomic mass is 9.86. The fourth-order valence-corrected chi connectivity index (χ4v) is 2.38. The number of hydrogen-bond acceptors (Lipinski definition) is 3. The highest BCUT2D eigenvalue weighted by molar-refractivity contribution is 4.75. The molecule has 0 amide bonds. The Morgan fingerprint density at radius 2 is 1.69 bits per heavy atom. The van der Waals surface area contributed by atoms with Crippen molar-refractivity contribution in [2.75, 3.05) is 26.3 Å². The molecule has 0 atom stereocenters. The molecule has 2 aliphatic carbocycles. The summed E-state index contributed by atoms with van der Waals surface area (Å²) in [6.45, 7) is 4.03. The van der Waals surface area contributed by atoms with E-state index in [9.17, 15) is 0 Å². The van der Waals surface area contributed by atoms with Crippen LogP contribution in [0.2, 0.25) is 0 Å². The highest BCUT2D eigenvalue weighted by Gasteiger charge is 2.21. The molecule has 0 aromatic rings. The SMILES string of the molecule is NC1CCC(CNCCOCC2CC2)CC1. The van der Waals surface area contributed by atoms with Crippen molar-refractivity contribution in [3.8, 4) is 0 Å². The van der Waals surface area contributed by atoms with Crippen molar-refractivity contribution in [1.82, 2.24) is 5.32 Å². The third-order valence-corrected chi connectivity index (χ3v) is 3.80. The fraction of sp³-hybridized carbons (Fsp3) is 1.00. The van der Waals surface area contributed by atoms with Crippen LogP contribution in [-0.4, -0.2) is 32.3 Å². The van der Waals surface area contributed by atoms with Gasteiger partial charge >= 0.3 is 0 Å². The number of nitrogens with one attached hydrogen (secondary N) is 1. The summed E-state index contributed by atoms with van der Waals surface area (Å²) in [4.78, 5) is 0. The Labute approximate surface area is 99.1 Å². The van der Waals surface area contributed by atoms with Crippen molar-refractivity contribution in [3.63, 3.8) is 0 Å². The zero-order valence-corrected chi connectivity index (χ0v) is 10.3. The summed E-state index contributed by atoms with van der Waals surface area (Å²) in [6, 6.07) is 0.470. The van der Waals surface area contributed by atoms with Crippen LogP contribution in [0, 0.1) is 11.8 Å². The standard InChI is InChI=1S/C13H26N2O/c14-13-5-3-11(4-6-13)9-15-7-8-16-10-12-1-2-12/h11-13,15H,1-10,14H2. The van der Waals surface area contributed by atoms with Crippen molar-refractivity contribution < 1.29 is 4.74 Å². The number of hydrogen-bond donors (Lipinski definition) is 2. The molecule has 94 valence electrons. The van der Waals surface area contributed by atoms with Gasteiger partial charge in [0.1, 0.15) is 0 Å². The Morgan fingerprint density at radius 3 is 2.38 bits per heavy atom. The highest BCUT2D eigenvalue weighted by atomic mass is 16.5. The van der Waals surface area contributed by atoms with Gasteiger partial charge in [0.2, 0.25) is 0 Å². The van der Waals surface area contributed by atoms with Crippen LogP contribution in [0.3, 0.4) is 0 Å². The minimum absolute atomic E-state index is 0.470. The third kappa shape index (κ3) is 4.81. The van der Waals surface area contributed by atoms with Gasteiger partial charge in [-0.2, -0.15) is 0 Å². The summed E-state index contributed by atoms with van der Waals surface area (Å²) in [6.07, 6.45) is 7.80. The second-order valence-electron chi connectivity index (χ2n) is 5.50. The van der Waals surface area contributed by atoms with Gasteiger partial charge in [0.15, 0.2) is 0 Å². The van der Waals surface area contributed by atoms with Gasteiger partial charge in [0.05, 0.1) is 6.61 Å². The van der Waals surface area contributed by atoms with E-state index in [1.54, 1.807) is 0 Å². The van der Waals surface area contributed by atoms with Crippen molar-refractivity contribution in [1.29, 1.82) is 0 Å². The van der Waals surface area contributed by atoms with Gasteiger partial charge in [-0.05, 0) is 56.9 Å². The average Bonchev–Trinajstić information content (AvgIpc) is 3.10. The average molecular weight is 226 g/mol. The van der Waals surface area contributed by atoms with Crippen LogP contribution in [0.15, 0.2) is 0 Å². The van der Waals surface area contributed by atoms with Crippen LogP contribution in [0.25, 0.3) is 0 Å². The first-order valence-electron chi connectivity index (χ1n) is 6.88. The molecule has 0 spiro atoms. The molecule has 0 unspecified atom stereocenters. The highest BCUT2D eigenvalue weighted by Crippen LogP contribution is 2.28. The predicted molar refractivity (Wildman–Crippen MR) is 66.3 cm³/mol. The maximum atomic E-state index is 5.89. The summed E-state index contributed by atoms with van der Waals surface area (Å²) in [5.41, 5.74) is 5.89. The Morgan fingerprint density at radius 1 is 1.00 bits per heavy atom. The van der Waals surface area contributed by atoms with E-state index >= 15 is 0 Å². The van der Waals surface area contributed by atoms with E-state index in [0.29, 0.717) is 6.04 Å². The molecule has 0 heterocycles. The van der Waals surface area contributed by atoms with Crippen LogP contribution in [0.1, 0.15) is 38.5 Å². The minimum Gasteiger partial charge on any atom is -0.380 e. The van der Waals surface area contributed by atoms with Gasteiger partial charge < -0.3 is 15.8 Å². The van der Waals surface area contributed by atoms with Gasteiger partial charge in [-0.25, -0.2) is 0 Å². The van der Waals surface area contributed by atoms with E-state index in [1.807, 2.05) is 0 Å². The van der Waals surface area contributed by atoms with Crippen LogP contribution < -0.4 is 11.1 Å². The van der Waals surface area contributed by atoms with Crippen LogP contribution in [-0.2, 0) is 4.74 Å². The summed E-state index contributed by atoms with van der Waals surface area (Å²) < 4.78 is 5.58. The number of rotatable bonds is 7. The first-order valence-corrected chi connectivity index (χ1v) is 6.88. The van der Waals surface area contributed by atoms with Gasteiger partial charge in [-0.15, -0.1) is 0 Å². The molecular weight excluding hydrogens is 200 g/mol. The second kappa shape index (κ2) is 6.58. The van der Waals surface area contributed by atoms with Crippen molar-refractivity contribution in [3.05, 3.63) is 0 Å². The lowest BCUT2D eigenvalue weighted by Gasteiger charge is -2.26. The molecule has 0 aromatic carbocycles. The minimum atomic E-state index is 0.470. The maximum absolute atomic E-state index is 5.89. The molecule has 3 nitrogen and oxygen atoms in total. The molecule has 0 saturated heterocycles. The number of nitrogens with two attached hydrogens (primary N) is 1. The molecule has 0 aromatic heterocycles. The van der Waals surface area contributed by atoms with Gasteiger partial charge in [0.25, 0.3) is 0 Å². The lowest BCUT2D eigenvalue weighted by molar-refractivity contribution is 0.125. The third-order valence-electron chi connectivity index (χ3n) is 3.80. The molecule has 0 radical (unpaired) electrons. The van der Waals surface area contributed by atoms with E-state index in [4.69, 9.17) is 10.5 Å². The Hall–Kier alpha value is -0.120. The van der Waals surface area contributed by atoms with E-state index in [2.05, 4.69) is 5.32 Å². The van der Waals surface area contributed by atoms with Gasteiger partial charge in [-0.3, -0.25) is 0 Å². The molecule has 2 aliphatic rings. The van der Waals surface area contributed by atoms with E-state index in [-0.39, 0.29) is 0 Å². The molecule has 3 heteroatoms. The van der Waals surface area contributed by atoms with Crippen molar-refractivity contribution in [2.45, 2.75) is 44.6 Å². The molecule has 0 aliphatic heterocycles.